The van der Waals surface area contributed by atoms with Gasteiger partial charge in [0.1, 0.15) is 0 Å². The minimum atomic E-state index is -0.601. The van der Waals surface area contributed by atoms with Crippen molar-refractivity contribution in [2.45, 2.75) is 27.5 Å². The Kier molecular flexibility index (Phi) is 5.00. The van der Waals surface area contributed by atoms with E-state index in [-0.39, 0.29) is 24.8 Å². The largest absolute Gasteiger partial charge is 1.00 e. The molecular formula is C21H18Cl2Zr. The summed E-state index contributed by atoms with van der Waals surface area (Å²) in [5.41, 5.74) is 13.0. The summed E-state index contributed by atoms with van der Waals surface area (Å²) in [6.45, 7) is 4.82. The first kappa shape index (κ1) is 18.2. The minimum Gasteiger partial charge on any atom is -1.00 e. The van der Waals surface area contributed by atoms with Crippen molar-refractivity contribution in [2.24, 2.45) is 0 Å². The van der Waals surface area contributed by atoms with Crippen LogP contribution in [0.15, 0.2) is 59.7 Å². The minimum absolute atomic E-state index is 0. The summed E-state index contributed by atoms with van der Waals surface area (Å²) in [4.78, 5) is 0. The van der Waals surface area contributed by atoms with Crippen LogP contribution in [0.3, 0.4) is 0 Å². The number of rotatable bonds is 0. The topological polar surface area (TPSA) is 0 Å². The van der Waals surface area contributed by atoms with Crippen LogP contribution in [0.25, 0.3) is 11.1 Å². The smallest absolute Gasteiger partial charge is 1.00 e. The van der Waals surface area contributed by atoms with Gasteiger partial charge >= 0.3 is 144 Å². The van der Waals surface area contributed by atoms with E-state index in [2.05, 4.69) is 62.4 Å². The van der Waals surface area contributed by atoms with E-state index in [1.807, 2.05) is 0 Å². The van der Waals surface area contributed by atoms with Crippen molar-refractivity contribution in [3.63, 3.8) is 0 Å². The molecule has 3 aliphatic rings. The fourth-order valence-electron chi connectivity index (χ4n) is 4.53. The first-order valence-electron chi connectivity index (χ1n) is 8.09. The third-order valence-electron chi connectivity index (χ3n) is 5.70. The van der Waals surface area contributed by atoms with E-state index in [1.54, 1.807) is 44.5 Å². The Morgan fingerprint density at radius 1 is 0.708 bits per heavy atom. The third kappa shape index (κ3) is 2.36. The molecule has 0 aromatic heterocycles. The molecule has 0 amide bonds. The van der Waals surface area contributed by atoms with E-state index >= 15 is 0 Å². The van der Waals surface area contributed by atoms with Crippen LogP contribution in [-0.4, -0.2) is 0 Å². The normalized spacial score (nSPS) is 22.2. The van der Waals surface area contributed by atoms with Gasteiger partial charge in [0, 0.05) is 0 Å². The first-order chi connectivity index (χ1) is 10.8. The monoisotopic (exact) mass is 430 g/mol. The second-order valence-corrected chi connectivity index (χ2v) is 10.4. The van der Waals surface area contributed by atoms with Gasteiger partial charge in [0.15, 0.2) is 0 Å². The average molecular weight is 433 g/mol. The van der Waals surface area contributed by atoms with Crippen molar-refractivity contribution < 1.29 is 48.0 Å². The molecule has 2 atom stereocenters. The second kappa shape index (κ2) is 6.60. The van der Waals surface area contributed by atoms with E-state index in [9.17, 15) is 0 Å². The van der Waals surface area contributed by atoms with Crippen LogP contribution < -0.4 is 24.8 Å². The molecule has 120 valence electrons. The van der Waals surface area contributed by atoms with Gasteiger partial charge in [-0.1, -0.05) is 0 Å². The predicted octanol–water partition coefficient (Wildman–Crippen LogP) is -0.463. The van der Waals surface area contributed by atoms with Gasteiger partial charge in [-0.15, -0.1) is 0 Å². The van der Waals surface area contributed by atoms with Crippen LogP contribution in [0.1, 0.15) is 49.8 Å². The summed E-state index contributed by atoms with van der Waals surface area (Å²) in [5.74, 6) is 0. The SMILES string of the molecule is CC1=C2CC3=C(C)[CH]([Zr+2][CH]1c1ccccc12)c1ccccc13.[Cl-].[Cl-]. The summed E-state index contributed by atoms with van der Waals surface area (Å²) < 4.78 is 1.56. The number of halogens is 2. The average Bonchev–Trinajstić information content (AvgIpc) is 2.99. The Balaban J connectivity index is 0.000000845. The standard InChI is InChI=1S/C21H18.2ClH.Zr/c1-14-11-16-7-3-5-9-18(16)20(14)13-21-15(2)12-17-8-4-6-10-19(17)21;;;/h3-12H,13H2,1-2H3;2*1H;/q;;;+2/p-2. The molecular weight excluding hydrogens is 414 g/mol. The van der Waals surface area contributed by atoms with Gasteiger partial charge in [0.25, 0.3) is 0 Å². The van der Waals surface area contributed by atoms with Gasteiger partial charge in [0.05, 0.1) is 0 Å². The van der Waals surface area contributed by atoms with Crippen molar-refractivity contribution in [3.05, 3.63) is 81.9 Å². The Morgan fingerprint density at radius 3 is 1.58 bits per heavy atom. The number of fused-ring (bicyclic) bond motifs is 8. The first-order valence-corrected chi connectivity index (χ1v) is 10.9. The third-order valence-corrected chi connectivity index (χ3v) is 11.0. The molecule has 1 aliphatic heterocycles. The molecule has 5 rings (SSSR count). The maximum absolute atomic E-state index is 2.41. The number of allylic oxidation sites excluding steroid dienone is 4. The molecule has 3 heteroatoms. The molecule has 0 radical (unpaired) electrons. The van der Waals surface area contributed by atoms with E-state index in [4.69, 9.17) is 0 Å². The Morgan fingerprint density at radius 2 is 1.12 bits per heavy atom. The van der Waals surface area contributed by atoms with E-state index < -0.39 is 23.2 Å². The Bertz CT molecular complexity index is 807. The molecule has 0 saturated heterocycles. The summed E-state index contributed by atoms with van der Waals surface area (Å²) in [6.07, 6.45) is 1.14. The summed E-state index contributed by atoms with van der Waals surface area (Å²) in [7, 11) is 0. The van der Waals surface area contributed by atoms with Gasteiger partial charge in [-0.05, 0) is 0 Å². The molecule has 2 aliphatic carbocycles. The van der Waals surface area contributed by atoms with E-state index in [0.717, 1.165) is 13.7 Å². The Hall–Kier alpha value is -0.617. The maximum atomic E-state index is 2.41. The predicted molar refractivity (Wildman–Crippen MR) is 88.2 cm³/mol. The number of hydrogen-bond acceptors (Lipinski definition) is 0. The van der Waals surface area contributed by atoms with Crippen LogP contribution in [0.4, 0.5) is 0 Å². The molecule has 0 saturated carbocycles. The number of hydrogen-bond donors (Lipinski definition) is 0. The van der Waals surface area contributed by atoms with Crippen LogP contribution in [0, 0.1) is 0 Å². The zero-order valence-electron chi connectivity index (χ0n) is 13.7. The fourth-order valence-corrected chi connectivity index (χ4v) is 9.55. The number of benzene rings is 2. The van der Waals surface area contributed by atoms with Crippen LogP contribution in [0.5, 0.6) is 0 Å². The van der Waals surface area contributed by atoms with E-state index in [0.29, 0.717) is 0 Å². The van der Waals surface area contributed by atoms with Gasteiger partial charge in [0.2, 0.25) is 0 Å². The molecule has 1 heterocycles. The van der Waals surface area contributed by atoms with Gasteiger partial charge in [-0.3, -0.25) is 0 Å². The molecule has 2 aromatic rings. The molecule has 0 nitrogen and oxygen atoms in total. The summed E-state index contributed by atoms with van der Waals surface area (Å²) >= 11 is -0.601. The van der Waals surface area contributed by atoms with Crippen molar-refractivity contribution >= 4 is 11.1 Å². The van der Waals surface area contributed by atoms with E-state index in [1.165, 1.54) is 0 Å². The Labute approximate surface area is 167 Å². The molecule has 2 unspecified atom stereocenters. The van der Waals surface area contributed by atoms with Crippen LogP contribution >= 0.6 is 0 Å². The summed E-state index contributed by atoms with van der Waals surface area (Å²) in [5, 5.41) is 0. The molecule has 0 N–H and O–H groups in total. The second-order valence-electron chi connectivity index (χ2n) is 6.71. The zero-order valence-corrected chi connectivity index (χ0v) is 17.7. The summed E-state index contributed by atoms with van der Waals surface area (Å²) in [6, 6.07) is 18.4. The fraction of sp³-hybridized carbons (Fsp3) is 0.238. The molecule has 0 spiro atoms. The van der Waals surface area contributed by atoms with Crippen molar-refractivity contribution in [1.29, 1.82) is 0 Å². The molecule has 4 bridgehead atoms. The van der Waals surface area contributed by atoms with Gasteiger partial charge in [-0.25, -0.2) is 0 Å². The quantitative estimate of drug-likeness (QED) is 0.529. The van der Waals surface area contributed by atoms with Crippen LogP contribution in [-0.2, 0) is 23.2 Å². The van der Waals surface area contributed by atoms with Crippen molar-refractivity contribution in [1.82, 2.24) is 0 Å². The molecule has 0 fully saturated rings. The molecule has 2 aromatic carbocycles. The van der Waals surface area contributed by atoms with Crippen molar-refractivity contribution in [2.75, 3.05) is 0 Å². The maximum Gasteiger partial charge on any atom is -1.00 e. The van der Waals surface area contributed by atoms with Crippen molar-refractivity contribution in [3.8, 4) is 0 Å². The van der Waals surface area contributed by atoms with Crippen LogP contribution in [0.2, 0.25) is 0 Å². The van der Waals surface area contributed by atoms with Gasteiger partial charge in [-0.2, -0.15) is 0 Å². The zero-order chi connectivity index (χ0) is 14.8. The van der Waals surface area contributed by atoms with Gasteiger partial charge < -0.3 is 24.8 Å². The molecule has 24 heavy (non-hydrogen) atoms.